The van der Waals surface area contributed by atoms with E-state index >= 15 is 0 Å². The van der Waals surface area contributed by atoms with Gasteiger partial charge in [0.2, 0.25) is 0 Å². The number of nitrogens with zero attached hydrogens (tertiary/aromatic N) is 5. The van der Waals surface area contributed by atoms with E-state index in [4.69, 9.17) is 9.88 Å². The summed E-state index contributed by atoms with van der Waals surface area (Å²) in [5, 5.41) is 19.1. The summed E-state index contributed by atoms with van der Waals surface area (Å²) in [5.74, 6) is 0.729. The molecule has 144 valence electrons. The van der Waals surface area contributed by atoms with Gasteiger partial charge in [0.1, 0.15) is 11.8 Å². The summed E-state index contributed by atoms with van der Waals surface area (Å²) >= 11 is 0. The summed E-state index contributed by atoms with van der Waals surface area (Å²) in [7, 11) is -0.517. The lowest BCUT2D eigenvalue weighted by molar-refractivity contribution is 0.0211. The first kappa shape index (κ1) is 18.0. The summed E-state index contributed by atoms with van der Waals surface area (Å²) in [6.45, 7) is 3.52. The Morgan fingerprint density at radius 2 is 2.11 bits per heavy atom. The van der Waals surface area contributed by atoms with Crippen LogP contribution in [-0.2, 0) is 10.2 Å². The lowest BCUT2D eigenvalue weighted by atomic mass is 9.60. The molecule has 2 aliphatic rings. The third-order valence-electron chi connectivity index (χ3n) is 5.95. The van der Waals surface area contributed by atoms with Crippen molar-refractivity contribution in [3.63, 3.8) is 0 Å². The molecule has 27 heavy (non-hydrogen) atoms. The summed E-state index contributed by atoms with van der Waals surface area (Å²) in [4.78, 5) is 2.18. The maximum Gasteiger partial charge on any atom is 0.276 e. The van der Waals surface area contributed by atoms with Crippen LogP contribution >= 0.6 is 0 Å². The van der Waals surface area contributed by atoms with Crippen LogP contribution in [0, 0.1) is 23.7 Å². The Morgan fingerprint density at radius 3 is 2.67 bits per heavy atom. The SMILES string of the molecule is COc1cn2ncc(C#N)c(N3CC4(CC(N(C)S(N)(=O)=O)C4)C3)c2c1C. The average Bonchev–Trinajstić information content (AvgIpc) is 2.87. The molecule has 3 heterocycles. The smallest absolute Gasteiger partial charge is 0.276 e. The minimum Gasteiger partial charge on any atom is -0.495 e. The monoisotopic (exact) mass is 390 g/mol. The van der Waals surface area contributed by atoms with Gasteiger partial charge in [-0.15, -0.1) is 0 Å². The first-order valence-electron chi connectivity index (χ1n) is 8.65. The van der Waals surface area contributed by atoms with E-state index in [1.54, 1.807) is 17.8 Å². The van der Waals surface area contributed by atoms with Crippen molar-refractivity contribution in [2.75, 3.05) is 32.1 Å². The van der Waals surface area contributed by atoms with Crippen LogP contribution in [0.15, 0.2) is 12.4 Å². The third kappa shape index (κ3) is 2.65. The van der Waals surface area contributed by atoms with E-state index in [1.165, 1.54) is 11.4 Å². The lowest BCUT2D eigenvalue weighted by Crippen LogP contribution is -2.67. The van der Waals surface area contributed by atoms with Gasteiger partial charge in [-0.05, 0) is 19.8 Å². The number of hydrogen-bond acceptors (Lipinski definition) is 6. The van der Waals surface area contributed by atoms with Gasteiger partial charge in [0.25, 0.3) is 10.2 Å². The van der Waals surface area contributed by atoms with Gasteiger partial charge in [0, 0.05) is 37.2 Å². The first-order valence-corrected chi connectivity index (χ1v) is 10.2. The lowest BCUT2D eigenvalue weighted by Gasteiger charge is -2.61. The van der Waals surface area contributed by atoms with Gasteiger partial charge < -0.3 is 9.64 Å². The molecule has 9 nitrogen and oxygen atoms in total. The number of aromatic nitrogens is 2. The van der Waals surface area contributed by atoms with E-state index in [-0.39, 0.29) is 11.5 Å². The van der Waals surface area contributed by atoms with Crippen molar-refractivity contribution < 1.29 is 13.2 Å². The highest BCUT2D eigenvalue weighted by Gasteiger charge is 2.55. The third-order valence-corrected chi connectivity index (χ3v) is 7.05. The predicted molar refractivity (Wildman–Crippen MR) is 99.7 cm³/mol. The van der Waals surface area contributed by atoms with E-state index in [2.05, 4.69) is 16.1 Å². The fraction of sp³-hybridized carbons (Fsp3) is 0.529. The van der Waals surface area contributed by atoms with Crippen molar-refractivity contribution in [2.24, 2.45) is 10.6 Å². The molecule has 2 aromatic heterocycles. The molecule has 1 saturated carbocycles. The van der Waals surface area contributed by atoms with Crippen LogP contribution in [0.25, 0.3) is 5.52 Å². The fourth-order valence-electron chi connectivity index (χ4n) is 4.44. The number of ether oxygens (including phenoxy) is 1. The number of nitrogens with two attached hydrogens (primary N) is 1. The number of fused-ring (bicyclic) bond motifs is 1. The number of rotatable bonds is 4. The summed E-state index contributed by atoms with van der Waals surface area (Å²) in [6.07, 6.45) is 4.95. The highest BCUT2D eigenvalue weighted by Crippen LogP contribution is 2.52. The van der Waals surface area contributed by atoms with E-state index in [0.29, 0.717) is 5.56 Å². The van der Waals surface area contributed by atoms with Crippen LogP contribution in [-0.4, -0.2) is 55.6 Å². The first-order chi connectivity index (χ1) is 12.7. The Labute approximate surface area is 158 Å². The number of aryl methyl sites for hydroxylation is 1. The van der Waals surface area contributed by atoms with Crippen LogP contribution in [0.4, 0.5) is 5.69 Å². The van der Waals surface area contributed by atoms with Crippen molar-refractivity contribution in [1.29, 1.82) is 5.26 Å². The largest absolute Gasteiger partial charge is 0.495 e. The van der Waals surface area contributed by atoms with Crippen LogP contribution in [0.5, 0.6) is 5.75 Å². The topological polar surface area (TPSA) is 117 Å². The van der Waals surface area contributed by atoms with Gasteiger partial charge >= 0.3 is 0 Å². The molecule has 0 atom stereocenters. The molecule has 1 spiro atoms. The summed E-state index contributed by atoms with van der Waals surface area (Å²) in [6, 6.07) is 2.19. The standard InChI is InChI=1S/C17H22N6O3S/c1-11-14(26-3)8-23-15(11)16(12(6-18)7-20-23)22-9-17(10-22)4-13(5-17)21(2)27(19,24)25/h7-8,13H,4-5,9-10H2,1-3H3,(H2,19,24,25). The molecular weight excluding hydrogens is 368 g/mol. The molecule has 2 fully saturated rings. The molecule has 2 aromatic rings. The maximum atomic E-state index is 11.5. The molecule has 0 radical (unpaired) electrons. The molecule has 4 rings (SSSR count). The van der Waals surface area contributed by atoms with Crippen molar-refractivity contribution in [2.45, 2.75) is 25.8 Å². The second kappa shape index (κ2) is 5.82. The fourth-order valence-corrected chi connectivity index (χ4v) is 5.00. The van der Waals surface area contributed by atoms with Gasteiger partial charge in [-0.3, -0.25) is 0 Å². The zero-order valence-corrected chi connectivity index (χ0v) is 16.3. The van der Waals surface area contributed by atoms with Gasteiger partial charge in [0.15, 0.2) is 0 Å². The maximum absolute atomic E-state index is 11.5. The minimum absolute atomic E-state index is 0.0508. The molecular formula is C17H22N6O3S. The van der Waals surface area contributed by atoms with Crippen LogP contribution < -0.4 is 14.8 Å². The van der Waals surface area contributed by atoms with E-state index in [9.17, 15) is 13.7 Å². The number of anilines is 1. The molecule has 2 N–H and O–H groups in total. The van der Waals surface area contributed by atoms with Crippen molar-refractivity contribution in [3.8, 4) is 11.8 Å². The van der Waals surface area contributed by atoms with E-state index in [0.717, 1.165) is 48.4 Å². The predicted octanol–water partition coefficient (Wildman–Crippen LogP) is 0.627. The second-order valence-corrected chi connectivity index (χ2v) is 9.22. The minimum atomic E-state index is -3.66. The van der Waals surface area contributed by atoms with Gasteiger partial charge in [-0.25, -0.2) is 9.65 Å². The molecule has 0 amide bonds. The Hall–Kier alpha value is -2.35. The number of nitriles is 1. The molecule has 0 bridgehead atoms. The van der Waals surface area contributed by atoms with Gasteiger partial charge in [-0.1, -0.05) is 0 Å². The zero-order valence-electron chi connectivity index (χ0n) is 15.5. The highest BCUT2D eigenvalue weighted by atomic mass is 32.2. The van der Waals surface area contributed by atoms with Crippen LogP contribution in [0.3, 0.4) is 0 Å². The summed E-state index contributed by atoms with van der Waals surface area (Å²) in [5.41, 5.74) is 3.29. The Morgan fingerprint density at radius 1 is 1.44 bits per heavy atom. The van der Waals surface area contributed by atoms with Crippen molar-refractivity contribution >= 4 is 21.4 Å². The Kier molecular flexibility index (Phi) is 3.89. The number of methoxy groups -OCH3 is 1. The molecule has 1 aliphatic heterocycles. The van der Waals surface area contributed by atoms with Crippen molar-refractivity contribution in [1.82, 2.24) is 13.9 Å². The Bertz CT molecular complexity index is 1060. The van der Waals surface area contributed by atoms with Crippen molar-refractivity contribution in [3.05, 3.63) is 23.5 Å². The van der Waals surface area contributed by atoms with Crippen LogP contribution in [0.1, 0.15) is 24.0 Å². The van der Waals surface area contributed by atoms with Crippen LogP contribution in [0.2, 0.25) is 0 Å². The zero-order chi connectivity index (χ0) is 19.6. The molecule has 10 heteroatoms. The van der Waals surface area contributed by atoms with E-state index in [1.807, 2.05) is 13.1 Å². The normalized spacial score (nSPS) is 19.2. The molecule has 1 aliphatic carbocycles. The highest BCUT2D eigenvalue weighted by molar-refractivity contribution is 7.86. The van der Waals surface area contributed by atoms with Gasteiger partial charge in [-0.2, -0.15) is 23.1 Å². The Balaban J connectivity index is 1.59. The molecule has 1 saturated heterocycles. The molecule has 0 unspecified atom stereocenters. The molecule has 0 aromatic carbocycles. The quantitative estimate of drug-likeness (QED) is 0.818. The van der Waals surface area contributed by atoms with Gasteiger partial charge in [0.05, 0.1) is 36.3 Å². The van der Waals surface area contributed by atoms with E-state index < -0.39 is 10.2 Å². The number of hydrogen-bond donors (Lipinski definition) is 1. The second-order valence-electron chi connectivity index (χ2n) is 7.61. The average molecular weight is 390 g/mol. The summed E-state index contributed by atoms with van der Waals surface area (Å²) < 4.78 is 31.4.